The molecule has 0 saturated carbocycles. The van der Waals surface area contributed by atoms with Gasteiger partial charge < -0.3 is 24.9 Å². The number of nitrogens with zero attached hydrogens (tertiary/aromatic N) is 4. The molecule has 2 heterocycles. The molecule has 208 valence electrons. The van der Waals surface area contributed by atoms with Crippen LogP contribution in [0.1, 0.15) is 116 Å². The number of aromatic hydroxyl groups is 1. The van der Waals surface area contributed by atoms with Crippen LogP contribution in [-0.4, -0.2) is 43.5 Å². The minimum absolute atomic E-state index is 0.0615. The van der Waals surface area contributed by atoms with Crippen molar-refractivity contribution in [1.29, 1.82) is 0 Å². The van der Waals surface area contributed by atoms with Gasteiger partial charge in [-0.25, -0.2) is 4.98 Å². The van der Waals surface area contributed by atoms with E-state index in [1.54, 1.807) is 4.57 Å². The van der Waals surface area contributed by atoms with Crippen LogP contribution in [0.3, 0.4) is 0 Å². The number of carbonyl (C=O) groups is 2. The molecule has 0 aliphatic carbocycles. The van der Waals surface area contributed by atoms with Crippen molar-refractivity contribution < 1.29 is 19.4 Å². The molecule has 2 aromatic heterocycles. The number of rotatable bonds is 22. The van der Waals surface area contributed by atoms with Crippen molar-refractivity contribution in [3.8, 4) is 5.88 Å². The normalized spacial score (nSPS) is 12.1. The molecule has 0 fully saturated rings. The number of anilines is 1. The molecule has 2 rings (SSSR count). The van der Waals surface area contributed by atoms with Gasteiger partial charge >= 0.3 is 5.97 Å². The third-order valence-corrected chi connectivity index (χ3v) is 6.81. The second-order valence-corrected chi connectivity index (χ2v) is 10.1. The first-order valence-corrected chi connectivity index (χ1v) is 14.3. The molecule has 37 heavy (non-hydrogen) atoms. The lowest BCUT2D eigenvalue weighted by molar-refractivity contribution is -0.145. The predicted molar refractivity (Wildman–Crippen MR) is 146 cm³/mol. The zero-order valence-electron chi connectivity index (χ0n) is 22.7. The zero-order chi connectivity index (χ0) is 26.7. The van der Waals surface area contributed by atoms with Gasteiger partial charge in [0.05, 0.1) is 12.9 Å². The first-order valence-electron chi connectivity index (χ1n) is 14.3. The van der Waals surface area contributed by atoms with E-state index in [0.29, 0.717) is 18.6 Å². The molecule has 2 aromatic rings. The van der Waals surface area contributed by atoms with E-state index in [9.17, 15) is 14.7 Å². The molecular weight excluding hydrogens is 470 g/mol. The number of fused-ring (bicyclic) bond motifs is 1. The first-order chi connectivity index (χ1) is 18.0. The van der Waals surface area contributed by atoms with Gasteiger partial charge in [-0.2, -0.15) is 9.97 Å². The smallest absolute Gasteiger partial charge is 0.305 e. The van der Waals surface area contributed by atoms with E-state index in [1.807, 2.05) is 0 Å². The Morgan fingerprint density at radius 2 is 1.54 bits per heavy atom. The molecule has 0 saturated heterocycles. The first kappa shape index (κ1) is 30.5. The van der Waals surface area contributed by atoms with Crippen LogP contribution in [0.15, 0.2) is 6.33 Å². The Labute approximate surface area is 221 Å². The van der Waals surface area contributed by atoms with E-state index in [2.05, 4.69) is 21.9 Å². The number of carbonyl (C=O) groups excluding carboxylic acids is 2. The van der Waals surface area contributed by atoms with Crippen LogP contribution in [0, 0.1) is 5.92 Å². The molecular formula is C28H47N5O4. The van der Waals surface area contributed by atoms with Gasteiger partial charge in [0.25, 0.3) is 0 Å². The maximum absolute atomic E-state index is 12.2. The lowest BCUT2D eigenvalue weighted by Gasteiger charge is -2.15. The molecule has 9 heteroatoms. The molecule has 0 unspecified atom stereocenters. The van der Waals surface area contributed by atoms with Crippen molar-refractivity contribution in [2.45, 2.75) is 123 Å². The number of aromatic nitrogens is 4. The molecule has 0 aliphatic heterocycles. The molecule has 0 amide bonds. The number of unbranched alkanes of at least 4 members (excludes halogenated alkanes) is 14. The van der Waals surface area contributed by atoms with E-state index < -0.39 is 0 Å². The number of ether oxygens (including phenoxy) is 1. The monoisotopic (exact) mass is 517 g/mol. The minimum Gasteiger partial charge on any atom is -0.492 e. The van der Waals surface area contributed by atoms with Crippen LogP contribution in [0.5, 0.6) is 5.88 Å². The fraction of sp³-hybridized carbons (Fsp3) is 0.750. The Kier molecular flexibility index (Phi) is 15.3. The van der Waals surface area contributed by atoms with Crippen molar-refractivity contribution in [3.63, 3.8) is 0 Å². The summed E-state index contributed by atoms with van der Waals surface area (Å²) in [7, 11) is 0. The summed E-state index contributed by atoms with van der Waals surface area (Å²) >= 11 is 0. The quantitative estimate of drug-likeness (QED) is 0.108. The number of hydrogen-bond acceptors (Lipinski definition) is 8. The highest BCUT2D eigenvalue weighted by molar-refractivity contribution is 5.77. The lowest BCUT2D eigenvalue weighted by atomic mass is 10.0. The standard InChI is InChI=1S/C28H47N5O4/c1-2-3-4-5-6-7-8-9-10-11-12-13-14-15-16-17-24(35)37-21-23(18-19-34)20-33-22-30-25-26(33)31-28(29)32-27(25)36/h19,22-23H,2-18,20-21H2,1H3,(H3,29,31,32,36)/t23-/m1/s1. The fourth-order valence-corrected chi connectivity index (χ4v) is 4.61. The van der Waals surface area contributed by atoms with Crippen molar-refractivity contribution in [3.05, 3.63) is 6.33 Å². The largest absolute Gasteiger partial charge is 0.492 e. The van der Waals surface area contributed by atoms with Crippen molar-refractivity contribution in [2.75, 3.05) is 12.3 Å². The molecule has 0 spiro atoms. The van der Waals surface area contributed by atoms with Crippen molar-refractivity contribution >= 4 is 29.4 Å². The number of nitrogen functional groups attached to an aromatic ring is 1. The van der Waals surface area contributed by atoms with Gasteiger partial charge in [0.2, 0.25) is 11.8 Å². The van der Waals surface area contributed by atoms with Gasteiger partial charge in [0, 0.05) is 25.3 Å². The van der Waals surface area contributed by atoms with E-state index >= 15 is 0 Å². The summed E-state index contributed by atoms with van der Waals surface area (Å²) in [6, 6.07) is 0. The second kappa shape index (κ2) is 18.5. The maximum Gasteiger partial charge on any atom is 0.305 e. The number of esters is 1. The molecule has 0 aliphatic rings. The van der Waals surface area contributed by atoms with Gasteiger partial charge in [0.1, 0.15) is 6.29 Å². The maximum atomic E-state index is 12.2. The Bertz CT molecular complexity index is 917. The molecule has 9 nitrogen and oxygen atoms in total. The third kappa shape index (κ3) is 12.4. The van der Waals surface area contributed by atoms with Crippen molar-refractivity contribution in [1.82, 2.24) is 19.5 Å². The average Bonchev–Trinajstić information content (AvgIpc) is 3.27. The van der Waals surface area contributed by atoms with Crippen molar-refractivity contribution in [2.24, 2.45) is 5.92 Å². The third-order valence-electron chi connectivity index (χ3n) is 6.81. The van der Waals surface area contributed by atoms with Gasteiger partial charge in [0.15, 0.2) is 11.2 Å². The molecule has 3 N–H and O–H groups in total. The van der Waals surface area contributed by atoms with Crippen LogP contribution >= 0.6 is 0 Å². The van der Waals surface area contributed by atoms with Crippen LogP contribution in [-0.2, 0) is 20.9 Å². The predicted octanol–water partition coefficient (Wildman–Crippen LogP) is 6.12. The number of aldehydes is 1. The van der Waals surface area contributed by atoms with Gasteiger partial charge in [-0.05, 0) is 6.42 Å². The summed E-state index contributed by atoms with van der Waals surface area (Å²) < 4.78 is 7.13. The van der Waals surface area contributed by atoms with Crippen LogP contribution in [0.4, 0.5) is 5.95 Å². The Morgan fingerprint density at radius 3 is 2.11 bits per heavy atom. The van der Waals surface area contributed by atoms with Gasteiger partial charge in [-0.3, -0.25) is 4.79 Å². The zero-order valence-corrected chi connectivity index (χ0v) is 22.7. The van der Waals surface area contributed by atoms with E-state index in [1.165, 1.54) is 83.4 Å². The van der Waals surface area contributed by atoms with E-state index in [4.69, 9.17) is 10.5 Å². The SMILES string of the molecule is CCCCCCCCCCCCCCCCCC(=O)OC[C@H](CC=O)Cn1cnc2c(O)nc(N)nc21. The Balaban J connectivity index is 1.52. The highest BCUT2D eigenvalue weighted by Gasteiger charge is 2.17. The summed E-state index contributed by atoms with van der Waals surface area (Å²) in [6.45, 7) is 2.76. The van der Waals surface area contributed by atoms with Crippen LogP contribution in [0.25, 0.3) is 11.2 Å². The topological polar surface area (TPSA) is 133 Å². The van der Waals surface area contributed by atoms with Gasteiger partial charge in [-0.15, -0.1) is 0 Å². The summed E-state index contributed by atoms with van der Waals surface area (Å²) in [4.78, 5) is 35.2. The number of nitrogens with two attached hydrogens (primary N) is 1. The van der Waals surface area contributed by atoms with Crippen LogP contribution in [0.2, 0.25) is 0 Å². The fourth-order valence-electron chi connectivity index (χ4n) is 4.61. The van der Waals surface area contributed by atoms with E-state index in [0.717, 1.165) is 25.5 Å². The molecule has 0 radical (unpaired) electrons. The summed E-state index contributed by atoms with van der Waals surface area (Å²) in [5, 5.41) is 9.88. The van der Waals surface area contributed by atoms with Gasteiger partial charge in [-0.1, -0.05) is 96.8 Å². The van der Waals surface area contributed by atoms with E-state index in [-0.39, 0.29) is 42.3 Å². The summed E-state index contributed by atoms with van der Waals surface area (Å²) in [5.74, 6) is -0.805. The highest BCUT2D eigenvalue weighted by atomic mass is 16.5. The Hall–Kier alpha value is -2.71. The molecule has 1 atom stereocenters. The second-order valence-electron chi connectivity index (χ2n) is 10.1. The number of hydrogen-bond donors (Lipinski definition) is 2. The lowest BCUT2D eigenvalue weighted by Crippen LogP contribution is -2.20. The summed E-state index contributed by atoms with van der Waals surface area (Å²) in [6.07, 6.45) is 22.2. The minimum atomic E-state index is -0.289. The average molecular weight is 518 g/mol. The molecule has 0 aromatic carbocycles. The Morgan fingerprint density at radius 1 is 0.973 bits per heavy atom. The van der Waals surface area contributed by atoms with Crippen LogP contribution < -0.4 is 5.73 Å². The summed E-state index contributed by atoms with van der Waals surface area (Å²) in [5.41, 5.74) is 6.24. The number of imidazole rings is 1. The molecule has 0 bridgehead atoms. The highest BCUT2D eigenvalue weighted by Crippen LogP contribution is 2.22.